The van der Waals surface area contributed by atoms with E-state index in [2.05, 4.69) is 27.6 Å². The number of hydrogen-bond acceptors (Lipinski definition) is 3. The molecule has 20 heavy (non-hydrogen) atoms. The third kappa shape index (κ3) is 3.51. The summed E-state index contributed by atoms with van der Waals surface area (Å²) in [5.74, 6) is -0.329. The van der Waals surface area contributed by atoms with E-state index in [1.807, 2.05) is 0 Å². The second kappa shape index (κ2) is 5.99. The fraction of sp³-hybridized carbons (Fsp3) is 0.538. The fourth-order valence-corrected chi connectivity index (χ4v) is 4.63. The Kier molecular flexibility index (Phi) is 4.71. The van der Waals surface area contributed by atoms with Crippen LogP contribution in [-0.2, 0) is 10.0 Å². The van der Waals surface area contributed by atoms with Gasteiger partial charge in [-0.3, -0.25) is 0 Å². The Morgan fingerprint density at radius 3 is 2.75 bits per heavy atom. The minimum absolute atomic E-state index is 0.0508. The first-order chi connectivity index (χ1) is 9.29. The van der Waals surface area contributed by atoms with E-state index in [0.29, 0.717) is 5.92 Å². The van der Waals surface area contributed by atoms with Crippen molar-refractivity contribution in [1.82, 2.24) is 4.72 Å². The smallest absolute Gasteiger partial charge is 0.243 e. The number of nitrogens with two attached hydrogens (primary N) is 1. The highest BCUT2D eigenvalue weighted by Gasteiger charge is 2.27. The lowest BCUT2D eigenvalue weighted by Gasteiger charge is -2.27. The summed E-state index contributed by atoms with van der Waals surface area (Å²) < 4.78 is 41.2. The van der Waals surface area contributed by atoms with Crippen LogP contribution in [0.3, 0.4) is 0 Å². The van der Waals surface area contributed by atoms with Gasteiger partial charge in [0.25, 0.3) is 0 Å². The van der Waals surface area contributed by atoms with E-state index in [4.69, 9.17) is 5.73 Å². The van der Waals surface area contributed by atoms with E-state index < -0.39 is 20.7 Å². The molecule has 0 radical (unpaired) electrons. The van der Waals surface area contributed by atoms with Crippen LogP contribution in [0.4, 0.5) is 10.1 Å². The molecule has 0 amide bonds. The van der Waals surface area contributed by atoms with Gasteiger partial charge in [-0.15, -0.1) is 0 Å². The molecule has 3 N–H and O–H groups in total. The zero-order chi connectivity index (χ0) is 14.9. The molecular weight excluding hydrogens is 347 g/mol. The first-order valence-corrected chi connectivity index (χ1v) is 8.84. The highest BCUT2D eigenvalue weighted by molar-refractivity contribution is 9.10. The third-order valence-electron chi connectivity index (χ3n) is 3.56. The first kappa shape index (κ1) is 15.7. The van der Waals surface area contributed by atoms with Gasteiger partial charge < -0.3 is 5.73 Å². The summed E-state index contributed by atoms with van der Waals surface area (Å²) in [6.45, 7) is 2.10. The van der Waals surface area contributed by atoms with Gasteiger partial charge in [0, 0.05) is 11.7 Å². The Labute approximate surface area is 127 Å². The summed E-state index contributed by atoms with van der Waals surface area (Å²) in [6.07, 6.45) is 3.66. The average molecular weight is 365 g/mol. The van der Waals surface area contributed by atoms with Crippen LogP contribution in [-0.4, -0.2) is 14.5 Å². The van der Waals surface area contributed by atoms with Crippen LogP contribution in [0.5, 0.6) is 0 Å². The Morgan fingerprint density at radius 2 is 2.10 bits per heavy atom. The normalized spacial score (nSPS) is 23.8. The summed E-state index contributed by atoms with van der Waals surface area (Å²) in [6, 6.07) is 2.36. The molecule has 1 aromatic rings. The van der Waals surface area contributed by atoms with Crippen molar-refractivity contribution < 1.29 is 12.8 Å². The quantitative estimate of drug-likeness (QED) is 0.809. The van der Waals surface area contributed by atoms with Gasteiger partial charge >= 0.3 is 0 Å². The van der Waals surface area contributed by atoms with Gasteiger partial charge in [-0.2, -0.15) is 0 Å². The van der Waals surface area contributed by atoms with Crippen LogP contribution in [0.15, 0.2) is 21.5 Å². The molecule has 0 heterocycles. The summed E-state index contributed by atoms with van der Waals surface area (Å²) >= 11 is 2.98. The topological polar surface area (TPSA) is 72.2 Å². The van der Waals surface area contributed by atoms with Crippen LogP contribution >= 0.6 is 15.9 Å². The van der Waals surface area contributed by atoms with Crippen LogP contribution in [0.1, 0.15) is 32.6 Å². The lowest BCUT2D eigenvalue weighted by atomic mass is 9.88. The minimum atomic E-state index is -3.89. The van der Waals surface area contributed by atoms with Crippen LogP contribution in [0.2, 0.25) is 0 Å². The average Bonchev–Trinajstić information content (AvgIpc) is 2.33. The van der Waals surface area contributed by atoms with Crippen molar-refractivity contribution in [3.05, 3.63) is 22.4 Å². The molecule has 0 bridgehead atoms. The Bertz CT molecular complexity index is 607. The number of nitrogens with one attached hydrogen (secondary N) is 1. The SMILES string of the molecule is CC1CCCC(NS(=O)(=O)c2cc(N)cc(Br)c2F)C1. The lowest BCUT2D eigenvalue weighted by Crippen LogP contribution is -2.38. The lowest BCUT2D eigenvalue weighted by molar-refractivity contribution is 0.327. The van der Waals surface area contributed by atoms with Crippen molar-refractivity contribution in [2.24, 2.45) is 5.92 Å². The van der Waals surface area contributed by atoms with Crippen LogP contribution < -0.4 is 10.5 Å². The summed E-state index contributed by atoms with van der Waals surface area (Å²) in [5.41, 5.74) is 5.80. The number of sulfonamides is 1. The highest BCUT2D eigenvalue weighted by atomic mass is 79.9. The summed E-state index contributed by atoms with van der Waals surface area (Å²) in [4.78, 5) is -0.400. The molecule has 1 aliphatic carbocycles. The van der Waals surface area contributed by atoms with Gasteiger partial charge in [0.05, 0.1) is 4.47 Å². The first-order valence-electron chi connectivity index (χ1n) is 6.56. The molecule has 0 aromatic heterocycles. The predicted octanol–water partition coefficient (Wildman–Crippen LogP) is 3.03. The number of benzene rings is 1. The minimum Gasteiger partial charge on any atom is -0.399 e. The zero-order valence-corrected chi connectivity index (χ0v) is 13.6. The Hall–Kier alpha value is -0.660. The van der Waals surface area contributed by atoms with E-state index >= 15 is 0 Å². The van der Waals surface area contributed by atoms with E-state index in [1.165, 1.54) is 6.07 Å². The van der Waals surface area contributed by atoms with Crippen LogP contribution in [0.25, 0.3) is 0 Å². The molecule has 0 saturated heterocycles. The van der Waals surface area contributed by atoms with E-state index in [1.54, 1.807) is 0 Å². The van der Waals surface area contributed by atoms with Crippen molar-refractivity contribution in [1.29, 1.82) is 0 Å². The number of rotatable bonds is 3. The third-order valence-corrected chi connectivity index (χ3v) is 5.66. The molecule has 4 nitrogen and oxygen atoms in total. The molecule has 2 atom stereocenters. The maximum absolute atomic E-state index is 14.0. The molecule has 2 unspecified atom stereocenters. The molecule has 0 spiro atoms. The maximum Gasteiger partial charge on any atom is 0.243 e. The highest BCUT2D eigenvalue weighted by Crippen LogP contribution is 2.28. The Balaban J connectivity index is 2.26. The molecule has 2 rings (SSSR count). The van der Waals surface area contributed by atoms with Gasteiger partial charge in [-0.05, 0) is 46.8 Å². The van der Waals surface area contributed by atoms with Gasteiger partial charge in [-0.1, -0.05) is 19.8 Å². The molecule has 1 aliphatic rings. The molecule has 7 heteroatoms. The monoisotopic (exact) mass is 364 g/mol. The summed E-state index contributed by atoms with van der Waals surface area (Å²) in [7, 11) is -3.89. The van der Waals surface area contributed by atoms with Crippen LogP contribution in [0, 0.1) is 11.7 Å². The standard InChI is InChI=1S/C13H18BrFN2O2S/c1-8-3-2-4-10(5-8)17-20(18,19)12-7-9(16)6-11(14)13(12)15/h6-8,10,17H,2-5,16H2,1H3. The zero-order valence-electron chi connectivity index (χ0n) is 11.2. The molecule has 112 valence electrons. The number of anilines is 1. The van der Waals surface area contributed by atoms with Gasteiger partial charge in [-0.25, -0.2) is 17.5 Å². The molecule has 1 aromatic carbocycles. The van der Waals surface area contributed by atoms with E-state index in [9.17, 15) is 12.8 Å². The number of nitrogen functional groups attached to an aromatic ring is 1. The summed E-state index contributed by atoms with van der Waals surface area (Å²) in [5, 5.41) is 0. The van der Waals surface area contributed by atoms with Gasteiger partial charge in [0.2, 0.25) is 10.0 Å². The van der Waals surface area contributed by atoms with Crippen molar-refractivity contribution >= 4 is 31.6 Å². The van der Waals surface area contributed by atoms with Crippen molar-refractivity contribution in [3.63, 3.8) is 0 Å². The predicted molar refractivity (Wildman–Crippen MR) is 80.3 cm³/mol. The fourth-order valence-electron chi connectivity index (χ4n) is 2.60. The Morgan fingerprint density at radius 1 is 1.40 bits per heavy atom. The largest absolute Gasteiger partial charge is 0.399 e. The second-order valence-corrected chi connectivity index (χ2v) is 7.94. The van der Waals surface area contributed by atoms with Crippen molar-refractivity contribution in [3.8, 4) is 0 Å². The second-order valence-electron chi connectivity index (χ2n) is 5.40. The molecule has 1 saturated carbocycles. The van der Waals surface area contributed by atoms with Gasteiger partial charge in [0.15, 0.2) is 5.82 Å². The number of halogens is 2. The van der Waals surface area contributed by atoms with Crippen molar-refractivity contribution in [2.75, 3.05) is 5.73 Å². The molecule has 1 fully saturated rings. The maximum atomic E-state index is 14.0. The van der Waals surface area contributed by atoms with Crippen molar-refractivity contribution in [2.45, 2.75) is 43.5 Å². The molecular formula is C13H18BrFN2O2S. The van der Waals surface area contributed by atoms with E-state index in [-0.39, 0.29) is 16.2 Å². The molecule has 0 aliphatic heterocycles. The number of hydrogen-bond donors (Lipinski definition) is 2. The van der Waals surface area contributed by atoms with Gasteiger partial charge in [0.1, 0.15) is 4.90 Å². The van der Waals surface area contributed by atoms with E-state index in [0.717, 1.165) is 31.7 Å².